The van der Waals surface area contributed by atoms with E-state index in [1.807, 2.05) is 6.07 Å². The first kappa shape index (κ1) is 14.8. The summed E-state index contributed by atoms with van der Waals surface area (Å²) in [6.07, 6.45) is 1.09. The highest BCUT2D eigenvalue weighted by molar-refractivity contribution is 8.00. The van der Waals surface area contributed by atoms with E-state index >= 15 is 0 Å². The highest BCUT2D eigenvalue weighted by atomic mass is 32.2. The van der Waals surface area contributed by atoms with Gasteiger partial charge in [0, 0.05) is 24.8 Å². The Labute approximate surface area is 122 Å². The molecule has 106 valence electrons. The summed E-state index contributed by atoms with van der Waals surface area (Å²) in [6.45, 7) is 2.21. The Bertz CT molecular complexity index is 503. The first-order valence-electron chi connectivity index (χ1n) is 6.57. The Hall–Kier alpha value is -1.62. The molecule has 2 rings (SSSR count). The van der Waals surface area contributed by atoms with Crippen molar-refractivity contribution in [1.29, 1.82) is 0 Å². The molecule has 4 nitrogen and oxygen atoms in total. The van der Waals surface area contributed by atoms with E-state index in [2.05, 4.69) is 0 Å². The van der Waals surface area contributed by atoms with E-state index in [0.717, 1.165) is 5.75 Å². The van der Waals surface area contributed by atoms with E-state index in [1.165, 1.54) is 6.92 Å². The van der Waals surface area contributed by atoms with Gasteiger partial charge in [-0.2, -0.15) is 0 Å². The number of hydrogen-bond acceptors (Lipinski definition) is 4. The van der Waals surface area contributed by atoms with Crippen LogP contribution in [0.15, 0.2) is 30.3 Å². The van der Waals surface area contributed by atoms with Crippen LogP contribution < -0.4 is 0 Å². The summed E-state index contributed by atoms with van der Waals surface area (Å²) in [5.41, 5.74) is 0.543. The predicted octanol–water partition coefficient (Wildman–Crippen LogP) is 2.00. The van der Waals surface area contributed by atoms with Gasteiger partial charge in [-0.15, -0.1) is 11.8 Å². The van der Waals surface area contributed by atoms with Gasteiger partial charge in [-0.25, -0.2) is 0 Å². The number of ketones is 1. The molecule has 1 aliphatic heterocycles. The van der Waals surface area contributed by atoms with Crippen molar-refractivity contribution in [1.82, 2.24) is 4.90 Å². The molecule has 0 bridgehead atoms. The van der Waals surface area contributed by atoms with Crippen molar-refractivity contribution in [2.45, 2.75) is 18.7 Å². The standard InChI is InChI=1S/C15H17NO3S/c1-11(18)16-7-8-20-14(16)9-13(10-17)15(19)12-5-3-2-4-6-12/h2-6,10,13-14H,7-9H2,1H3. The summed E-state index contributed by atoms with van der Waals surface area (Å²) in [4.78, 5) is 36.8. The Morgan fingerprint density at radius 2 is 2.10 bits per heavy atom. The third-order valence-electron chi connectivity index (χ3n) is 3.41. The molecule has 1 aromatic carbocycles. The average molecular weight is 291 g/mol. The van der Waals surface area contributed by atoms with Crippen molar-refractivity contribution in [3.8, 4) is 0 Å². The van der Waals surface area contributed by atoms with Gasteiger partial charge in [0.1, 0.15) is 6.29 Å². The first-order valence-corrected chi connectivity index (χ1v) is 7.61. The van der Waals surface area contributed by atoms with Crippen molar-refractivity contribution < 1.29 is 14.4 Å². The highest BCUT2D eigenvalue weighted by Gasteiger charge is 2.32. The fraction of sp³-hybridized carbons (Fsp3) is 0.400. The van der Waals surface area contributed by atoms with Gasteiger partial charge in [0.25, 0.3) is 0 Å². The van der Waals surface area contributed by atoms with E-state index in [0.29, 0.717) is 24.8 Å². The molecular weight excluding hydrogens is 274 g/mol. The van der Waals surface area contributed by atoms with Crippen LogP contribution in [0.25, 0.3) is 0 Å². The number of aldehydes is 1. The van der Waals surface area contributed by atoms with Crippen molar-refractivity contribution in [3.05, 3.63) is 35.9 Å². The maximum Gasteiger partial charge on any atom is 0.220 e. The lowest BCUT2D eigenvalue weighted by Crippen LogP contribution is -2.35. The number of Topliss-reactive ketones (excluding diaryl/α,β-unsaturated/α-hetero) is 1. The fourth-order valence-electron chi connectivity index (χ4n) is 2.33. The Kier molecular flexibility index (Phi) is 4.95. The molecule has 0 aliphatic carbocycles. The smallest absolute Gasteiger partial charge is 0.220 e. The van der Waals surface area contributed by atoms with Crippen LogP contribution in [0.3, 0.4) is 0 Å². The van der Waals surface area contributed by atoms with Crippen molar-refractivity contribution in [2.75, 3.05) is 12.3 Å². The summed E-state index contributed by atoms with van der Waals surface area (Å²) < 4.78 is 0. The van der Waals surface area contributed by atoms with Gasteiger partial charge in [-0.1, -0.05) is 30.3 Å². The van der Waals surface area contributed by atoms with Gasteiger partial charge in [0.2, 0.25) is 5.91 Å². The molecule has 1 aliphatic rings. The maximum absolute atomic E-state index is 12.3. The molecule has 1 amide bonds. The Morgan fingerprint density at radius 1 is 1.40 bits per heavy atom. The normalized spacial score (nSPS) is 19.6. The van der Waals surface area contributed by atoms with Crippen LogP contribution in [0.2, 0.25) is 0 Å². The monoisotopic (exact) mass is 291 g/mol. The minimum absolute atomic E-state index is 0.00295. The zero-order valence-electron chi connectivity index (χ0n) is 11.3. The van der Waals surface area contributed by atoms with Gasteiger partial charge in [-0.05, 0) is 6.42 Å². The molecular formula is C15H17NO3S. The largest absolute Gasteiger partial charge is 0.330 e. The van der Waals surface area contributed by atoms with Crippen molar-refractivity contribution >= 4 is 29.7 Å². The van der Waals surface area contributed by atoms with Gasteiger partial charge >= 0.3 is 0 Å². The van der Waals surface area contributed by atoms with Crippen molar-refractivity contribution in [2.24, 2.45) is 5.92 Å². The molecule has 0 aromatic heterocycles. The first-order chi connectivity index (χ1) is 9.63. The highest BCUT2D eigenvalue weighted by Crippen LogP contribution is 2.29. The molecule has 0 spiro atoms. The number of carbonyl (C=O) groups is 3. The molecule has 1 fully saturated rings. The Balaban J connectivity index is 2.07. The summed E-state index contributed by atoms with van der Waals surface area (Å²) >= 11 is 1.63. The maximum atomic E-state index is 12.3. The summed E-state index contributed by atoms with van der Waals surface area (Å²) in [5.74, 6) is -0.00159. The van der Waals surface area contributed by atoms with Gasteiger partial charge < -0.3 is 9.69 Å². The zero-order chi connectivity index (χ0) is 14.5. The average Bonchev–Trinajstić information content (AvgIpc) is 2.93. The Morgan fingerprint density at radius 3 is 2.70 bits per heavy atom. The minimum atomic E-state index is -0.685. The second-order valence-electron chi connectivity index (χ2n) is 4.75. The molecule has 20 heavy (non-hydrogen) atoms. The second-order valence-corrected chi connectivity index (χ2v) is 6.03. The van der Waals surface area contributed by atoms with E-state index in [1.54, 1.807) is 40.9 Å². The van der Waals surface area contributed by atoms with Gasteiger partial charge in [-0.3, -0.25) is 9.59 Å². The number of thioether (sulfide) groups is 1. The van der Waals surface area contributed by atoms with Gasteiger partial charge in [0.05, 0.1) is 11.3 Å². The number of nitrogens with zero attached hydrogens (tertiary/aromatic N) is 1. The van der Waals surface area contributed by atoms with Crippen LogP contribution in [0, 0.1) is 5.92 Å². The van der Waals surface area contributed by atoms with Crippen LogP contribution in [-0.2, 0) is 9.59 Å². The van der Waals surface area contributed by atoms with Gasteiger partial charge in [0.15, 0.2) is 5.78 Å². The fourth-order valence-corrected chi connectivity index (χ4v) is 3.69. The van der Waals surface area contributed by atoms with Crippen LogP contribution in [0.5, 0.6) is 0 Å². The molecule has 1 aromatic rings. The lowest BCUT2D eigenvalue weighted by Gasteiger charge is -2.24. The summed E-state index contributed by atoms with van der Waals surface area (Å²) in [5, 5.41) is -0.0737. The molecule has 0 saturated carbocycles. The van der Waals surface area contributed by atoms with E-state index in [4.69, 9.17) is 0 Å². The van der Waals surface area contributed by atoms with E-state index < -0.39 is 5.92 Å². The SMILES string of the molecule is CC(=O)N1CCSC1CC(C=O)C(=O)c1ccccc1. The van der Waals surface area contributed by atoms with Crippen molar-refractivity contribution in [3.63, 3.8) is 0 Å². The van der Waals surface area contributed by atoms with Crippen LogP contribution in [0.4, 0.5) is 0 Å². The van der Waals surface area contributed by atoms with Crippen LogP contribution in [0.1, 0.15) is 23.7 Å². The second kappa shape index (κ2) is 6.70. The molecule has 1 saturated heterocycles. The topological polar surface area (TPSA) is 54.5 Å². The molecule has 2 unspecified atom stereocenters. The third kappa shape index (κ3) is 3.28. The van der Waals surface area contributed by atoms with Crippen LogP contribution in [-0.4, -0.2) is 40.5 Å². The van der Waals surface area contributed by atoms with E-state index in [9.17, 15) is 14.4 Å². The van der Waals surface area contributed by atoms with E-state index in [-0.39, 0.29) is 17.1 Å². The molecule has 1 heterocycles. The predicted molar refractivity (Wildman–Crippen MR) is 78.6 cm³/mol. The number of rotatable bonds is 5. The number of amides is 1. The third-order valence-corrected chi connectivity index (χ3v) is 4.66. The summed E-state index contributed by atoms with van der Waals surface area (Å²) in [7, 11) is 0. The molecule has 0 N–H and O–H groups in total. The quantitative estimate of drug-likeness (QED) is 0.473. The molecule has 0 radical (unpaired) electrons. The number of benzene rings is 1. The number of hydrogen-bond donors (Lipinski definition) is 0. The summed E-state index contributed by atoms with van der Waals surface area (Å²) in [6, 6.07) is 8.81. The molecule has 5 heteroatoms. The zero-order valence-corrected chi connectivity index (χ0v) is 12.1. The molecule has 2 atom stereocenters. The lowest BCUT2D eigenvalue weighted by atomic mass is 9.95. The number of carbonyl (C=O) groups excluding carboxylic acids is 3. The minimum Gasteiger partial charge on any atom is -0.330 e. The van der Waals surface area contributed by atoms with Crippen LogP contribution >= 0.6 is 11.8 Å². The lowest BCUT2D eigenvalue weighted by molar-refractivity contribution is -0.129.